The zero-order valence-electron chi connectivity index (χ0n) is 17.8. The number of benzene rings is 2. The van der Waals surface area contributed by atoms with Gasteiger partial charge in [0, 0.05) is 16.5 Å². The molecule has 0 saturated heterocycles. The third-order valence-corrected chi connectivity index (χ3v) is 7.07. The van der Waals surface area contributed by atoms with Gasteiger partial charge in [-0.1, -0.05) is 23.2 Å². The number of halogens is 3. The van der Waals surface area contributed by atoms with Gasteiger partial charge in [0.2, 0.25) is 0 Å². The van der Waals surface area contributed by atoms with E-state index in [9.17, 15) is 17.6 Å². The number of sulfonamides is 1. The summed E-state index contributed by atoms with van der Waals surface area (Å²) < 4.78 is 47.8. The third kappa shape index (κ3) is 7.03. The predicted octanol–water partition coefficient (Wildman–Crippen LogP) is 5.13. The van der Waals surface area contributed by atoms with Gasteiger partial charge in [-0.3, -0.25) is 14.4 Å². The summed E-state index contributed by atoms with van der Waals surface area (Å²) >= 11 is 13.5. The Morgan fingerprint density at radius 1 is 1.26 bits per heavy atom. The van der Waals surface area contributed by atoms with Crippen LogP contribution in [-0.2, 0) is 21.2 Å². The maximum atomic E-state index is 14.8. The van der Waals surface area contributed by atoms with E-state index in [0.29, 0.717) is 35.7 Å². The van der Waals surface area contributed by atoms with E-state index in [1.54, 1.807) is 30.1 Å². The lowest BCUT2D eigenvalue weighted by molar-refractivity contribution is -0.137. The fourth-order valence-corrected chi connectivity index (χ4v) is 5.17. The summed E-state index contributed by atoms with van der Waals surface area (Å²) in [6.45, 7) is 0.437. The van der Waals surface area contributed by atoms with E-state index in [4.69, 9.17) is 33.0 Å². The van der Waals surface area contributed by atoms with Gasteiger partial charge in [-0.15, -0.1) is 11.3 Å². The van der Waals surface area contributed by atoms with Crippen LogP contribution >= 0.6 is 34.5 Å². The van der Waals surface area contributed by atoms with Crippen LogP contribution in [0.4, 0.5) is 10.2 Å². The van der Waals surface area contributed by atoms with Gasteiger partial charge >= 0.3 is 5.97 Å². The molecular weight excluding hydrogens is 528 g/mol. The molecule has 0 fully saturated rings. The number of nitrogens with zero attached hydrogens (tertiary/aromatic N) is 2. The number of carbonyl (C=O) groups is 1. The topological polar surface area (TPSA) is 109 Å². The molecule has 0 aliphatic rings. The molecule has 0 spiro atoms. The van der Waals surface area contributed by atoms with Gasteiger partial charge in [-0.2, -0.15) is 0 Å². The standard InChI is InChI=1S/C21H20Cl2FN3O5S2/c1-27(10-21(28)29)6-2-3-13-7-14(22)4-5-17(13)32-18-9-16(24)19(8-15(18)23)34(30,31)26-20-11-33-12-25-20/h4-5,7-9,11-12,26H,2-3,6,10H2,1H3,(H,28,29). The monoisotopic (exact) mass is 547 g/mol. The van der Waals surface area contributed by atoms with E-state index >= 15 is 0 Å². The molecule has 13 heteroatoms. The van der Waals surface area contributed by atoms with Gasteiger partial charge in [-0.05, 0) is 56.3 Å². The zero-order valence-corrected chi connectivity index (χ0v) is 20.9. The second-order valence-corrected chi connectivity index (χ2v) is 10.5. The number of aromatic nitrogens is 1. The van der Waals surface area contributed by atoms with Crippen molar-refractivity contribution >= 4 is 56.3 Å². The second-order valence-electron chi connectivity index (χ2n) is 7.28. The van der Waals surface area contributed by atoms with Crippen LogP contribution < -0.4 is 9.46 Å². The fraction of sp³-hybridized carbons (Fsp3) is 0.238. The first-order chi connectivity index (χ1) is 16.0. The molecule has 3 rings (SSSR count). The van der Waals surface area contributed by atoms with Crippen molar-refractivity contribution < 1.29 is 27.4 Å². The molecule has 0 aliphatic heterocycles. The summed E-state index contributed by atoms with van der Waals surface area (Å²) in [7, 11) is -2.55. The highest BCUT2D eigenvalue weighted by Gasteiger charge is 2.23. The lowest BCUT2D eigenvalue weighted by Gasteiger charge is -2.16. The lowest BCUT2D eigenvalue weighted by Crippen LogP contribution is -2.26. The van der Waals surface area contributed by atoms with Crippen molar-refractivity contribution in [1.82, 2.24) is 9.88 Å². The SMILES string of the molecule is CN(CCCc1cc(Cl)ccc1Oc1cc(F)c(S(=O)(=O)Nc2cscn2)cc1Cl)CC(=O)O. The van der Waals surface area contributed by atoms with Gasteiger partial charge < -0.3 is 9.84 Å². The molecule has 0 saturated carbocycles. The van der Waals surface area contributed by atoms with Crippen LogP contribution in [0.2, 0.25) is 10.0 Å². The van der Waals surface area contributed by atoms with Crippen molar-refractivity contribution in [3.8, 4) is 11.5 Å². The van der Waals surface area contributed by atoms with E-state index in [-0.39, 0.29) is 23.1 Å². The van der Waals surface area contributed by atoms with Crippen LogP contribution in [0.1, 0.15) is 12.0 Å². The Morgan fingerprint density at radius 2 is 2.03 bits per heavy atom. The van der Waals surface area contributed by atoms with E-state index in [0.717, 1.165) is 12.1 Å². The van der Waals surface area contributed by atoms with Crippen LogP contribution in [0.15, 0.2) is 46.1 Å². The number of ether oxygens (including phenoxy) is 1. The molecule has 0 amide bonds. The van der Waals surface area contributed by atoms with Crippen LogP contribution in [0.3, 0.4) is 0 Å². The Morgan fingerprint density at radius 3 is 2.71 bits per heavy atom. The maximum Gasteiger partial charge on any atom is 0.317 e. The van der Waals surface area contributed by atoms with Gasteiger partial charge in [0.25, 0.3) is 10.0 Å². The molecule has 1 aromatic heterocycles. The Labute approximate surface area is 210 Å². The first kappa shape index (κ1) is 26.2. The minimum absolute atomic E-state index is 0.0701. The number of hydrogen-bond acceptors (Lipinski definition) is 7. The van der Waals surface area contributed by atoms with E-state index in [1.807, 2.05) is 0 Å². The molecule has 2 N–H and O–H groups in total. The summed E-state index contributed by atoms with van der Waals surface area (Å²) in [6.07, 6.45) is 1.12. The molecule has 34 heavy (non-hydrogen) atoms. The minimum atomic E-state index is -4.25. The summed E-state index contributed by atoms with van der Waals surface area (Å²) in [4.78, 5) is 15.6. The Hall–Kier alpha value is -2.44. The number of aliphatic carboxylic acids is 1. The van der Waals surface area contributed by atoms with Crippen LogP contribution in [0.25, 0.3) is 0 Å². The fourth-order valence-electron chi connectivity index (χ4n) is 3.06. The molecule has 8 nitrogen and oxygen atoms in total. The lowest BCUT2D eigenvalue weighted by atomic mass is 10.1. The van der Waals surface area contributed by atoms with Crippen molar-refractivity contribution in [3.63, 3.8) is 0 Å². The van der Waals surface area contributed by atoms with Gasteiger partial charge in [0.1, 0.15) is 22.2 Å². The highest BCUT2D eigenvalue weighted by atomic mass is 35.5. The van der Waals surface area contributed by atoms with Gasteiger partial charge in [-0.25, -0.2) is 17.8 Å². The molecule has 3 aromatic rings. The van der Waals surface area contributed by atoms with Crippen molar-refractivity contribution in [3.05, 3.63) is 62.6 Å². The zero-order chi connectivity index (χ0) is 24.9. The highest BCUT2D eigenvalue weighted by Crippen LogP contribution is 2.36. The highest BCUT2D eigenvalue weighted by molar-refractivity contribution is 7.92. The summed E-state index contributed by atoms with van der Waals surface area (Å²) in [5.41, 5.74) is 2.14. The largest absolute Gasteiger partial charge is 0.480 e. The molecule has 182 valence electrons. The number of rotatable bonds is 11. The number of anilines is 1. The molecule has 0 radical (unpaired) electrons. The van der Waals surface area contributed by atoms with Gasteiger partial charge in [0.15, 0.2) is 5.82 Å². The maximum absolute atomic E-state index is 14.8. The normalized spacial score (nSPS) is 11.6. The quantitative estimate of drug-likeness (QED) is 0.342. The van der Waals surface area contributed by atoms with Crippen LogP contribution in [0.5, 0.6) is 11.5 Å². The van der Waals surface area contributed by atoms with Crippen molar-refractivity contribution in [2.45, 2.75) is 17.7 Å². The first-order valence-electron chi connectivity index (χ1n) is 9.82. The molecule has 2 aromatic carbocycles. The number of hydrogen-bond donors (Lipinski definition) is 2. The molecule has 0 unspecified atom stereocenters. The van der Waals surface area contributed by atoms with Crippen LogP contribution in [-0.4, -0.2) is 49.5 Å². The summed E-state index contributed by atoms with van der Waals surface area (Å²) in [6, 6.07) is 6.75. The Balaban J connectivity index is 1.79. The number of aryl methyl sites for hydroxylation is 1. The van der Waals surface area contributed by atoms with E-state index < -0.39 is 26.7 Å². The molecule has 0 bridgehead atoms. The predicted molar refractivity (Wildman–Crippen MR) is 129 cm³/mol. The van der Waals surface area contributed by atoms with E-state index in [2.05, 4.69) is 9.71 Å². The molecule has 0 aliphatic carbocycles. The van der Waals surface area contributed by atoms with E-state index in [1.165, 1.54) is 22.2 Å². The number of likely N-dealkylation sites (N-methyl/N-ethyl adjacent to an activating group) is 1. The van der Waals surface area contributed by atoms with Gasteiger partial charge in [0.05, 0.1) is 17.1 Å². The third-order valence-electron chi connectivity index (χ3n) is 4.58. The minimum Gasteiger partial charge on any atom is -0.480 e. The summed E-state index contributed by atoms with van der Waals surface area (Å²) in [5, 5.41) is 10.7. The number of thiazole rings is 1. The van der Waals surface area contributed by atoms with Crippen molar-refractivity contribution in [1.29, 1.82) is 0 Å². The van der Waals surface area contributed by atoms with Crippen molar-refractivity contribution in [2.75, 3.05) is 24.9 Å². The molecule has 0 atom stereocenters. The van der Waals surface area contributed by atoms with Crippen molar-refractivity contribution in [2.24, 2.45) is 0 Å². The Kier molecular flexibility index (Phi) is 8.72. The average molecular weight is 548 g/mol. The second kappa shape index (κ2) is 11.3. The Bertz CT molecular complexity index is 1270. The number of carboxylic acid groups (broad SMARTS) is 1. The molecular formula is C21H20Cl2FN3O5S2. The van der Waals surface area contributed by atoms with Crippen LogP contribution in [0, 0.1) is 5.82 Å². The average Bonchev–Trinajstić information content (AvgIpc) is 3.23. The number of nitrogens with one attached hydrogen (secondary N) is 1. The number of carboxylic acids is 1. The first-order valence-corrected chi connectivity index (χ1v) is 13.0. The molecule has 1 heterocycles. The summed E-state index contributed by atoms with van der Waals surface area (Å²) in [5.74, 6) is -1.60. The smallest absolute Gasteiger partial charge is 0.317 e.